The Hall–Kier alpha value is -3.73. The van der Waals surface area contributed by atoms with Crippen LogP contribution in [0, 0.1) is 23.3 Å². The van der Waals surface area contributed by atoms with E-state index in [0.717, 1.165) is 18.2 Å². The van der Waals surface area contributed by atoms with Crippen molar-refractivity contribution in [2.75, 3.05) is 10.5 Å². The van der Waals surface area contributed by atoms with E-state index < -0.39 is 49.4 Å². The van der Waals surface area contributed by atoms with Crippen LogP contribution < -0.4 is 10.5 Å². The Morgan fingerprint density at radius 1 is 0.903 bits per heavy atom. The van der Waals surface area contributed by atoms with Crippen molar-refractivity contribution in [1.82, 2.24) is 9.97 Å². The predicted molar refractivity (Wildman–Crippen MR) is 106 cm³/mol. The molecule has 0 unspecified atom stereocenters. The smallest absolute Gasteiger partial charge is 0.265 e. The molecule has 1 heterocycles. The van der Waals surface area contributed by atoms with Crippen LogP contribution in [0.15, 0.2) is 59.6 Å². The largest absolute Gasteiger partial charge is 0.368 e. The standard InChI is InChI=1S/C20H12F4N4O2S/c21-12-2-3-13(22)17(8-12)31(29,30)28-16-6-4-14(23)18(19(16)24)10-1-5-15-11(7-10)9-26-20(25)27-15/h1-9,28H,(H2,25,26,27). The lowest BCUT2D eigenvalue weighted by molar-refractivity contribution is 0.554. The van der Waals surface area contributed by atoms with E-state index in [-0.39, 0.29) is 11.5 Å². The lowest BCUT2D eigenvalue weighted by atomic mass is 10.0. The highest BCUT2D eigenvalue weighted by Crippen LogP contribution is 2.33. The van der Waals surface area contributed by atoms with Gasteiger partial charge in [-0.3, -0.25) is 4.72 Å². The summed E-state index contributed by atoms with van der Waals surface area (Å²) in [7, 11) is -4.70. The summed E-state index contributed by atoms with van der Waals surface area (Å²) in [5.74, 6) is -4.41. The summed E-state index contributed by atoms with van der Waals surface area (Å²) in [6, 6.07) is 7.76. The number of anilines is 2. The van der Waals surface area contributed by atoms with Gasteiger partial charge in [0.1, 0.15) is 22.3 Å². The monoisotopic (exact) mass is 448 g/mol. The molecule has 31 heavy (non-hydrogen) atoms. The number of benzene rings is 3. The Kier molecular flexibility index (Phi) is 4.97. The van der Waals surface area contributed by atoms with E-state index in [1.54, 1.807) is 0 Å². The zero-order valence-corrected chi connectivity index (χ0v) is 16.2. The minimum atomic E-state index is -4.70. The van der Waals surface area contributed by atoms with Gasteiger partial charge in [-0.2, -0.15) is 0 Å². The van der Waals surface area contributed by atoms with E-state index in [1.807, 2.05) is 4.72 Å². The zero-order valence-electron chi connectivity index (χ0n) is 15.4. The molecule has 4 rings (SSSR count). The maximum atomic E-state index is 15.1. The topological polar surface area (TPSA) is 98.0 Å². The molecule has 0 aliphatic rings. The molecule has 158 valence electrons. The summed E-state index contributed by atoms with van der Waals surface area (Å²) < 4.78 is 83.6. The molecule has 1 aromatic heterocycles. The Balaban J connectivity index is 1.80. The fourth-order valence-corrected chi connectivity index (χ4v) is 4.13. The minimum absolute atomic E-state index is 0.0265. The second-order valence-electron chi connectivity index (χ2n) is 6.47. The Morgan fingerprint density at radius 3 is 2.42 bits per heavy atom. The molecule has 3 aromatic carbocycles. The van der Waals surface area contributed by atoms with E-state index in [2.05, 4.69) is 9.97 Å². The first-order valence-electron chi connectivity index (χ1n) is 8.64. The first kappa shape index (κ1) is 20.5. The number of hydrogen-bond acceptors (Lipinski definition) is 5. The van der Waals surface area contributed by atoms with Crippen LogP contribution in [0.5, 0.6) is 0 Å². The first-order chi connectivity index (χ1) is 14.7. The third-order valence-corrected chi connectivity index (χ3v) is 5.79. The van der Waals surface area contributed by atoms with Gasteiger partial charge in [0.05, 0.1) is 16.8 Å². The van der Waals surface area contributed by atoms with Crippen molar-refractivity contribution in [2.24, 2.45) is 0 Å². The fraction of sp³-hybridized carbons (Fsp3) is 0. The number of rotatable bonds is 4. The van der Waals surface area contributed by atoms with Gasteiger partial charge in [-0.15, -0.1) is 0 Å². The van der Waals surface area contributed by atoms with Gasteiger partial charge in [0.15, 0.2) is 5.82 Å². The molecule has 11 heteroatoms. The molecule has 0 saturated carbocycles. The van der Waals surface area contributed by atoms with Crippen LogP contribution in [-0.2, 0) is 10.0 Å². The van der Waals surface area contributed by atoms with Crippen LogP contribution >= 0.6 is 0 Å². The summed E-state index contributed by atoms with van der Waals surface area (Å²) >= 11 is 0. The first-order valence-corrected chi connectivity index (χ1v) is 10.1. The normalized spacial score (nSPS) is 11.6. The quantitative estimate of drug-likeness (QED) is 0.455. The van der Waals surface area contributed by atoms with E-state index in [1.165, 1.54) is 24.4 Å². The summed E-state index contributed by atoms with van der Waals surface area (Å²) in [5, 5.41) is 0.443. The lowest BCUT2D eigenvalue weighted by Gasteiger charge is -2.13. The number of nitrogens with one attached hydrogen (secondary N) is 1. The van der Waals surface area contributed by atoms with E-state index in [9.17, 15) is 21.6 Å². The van der Waals surface area contributed by atoms with E-state index in [0.29, 0.717) is 23.0 Å². The number of nitrogens with two attached hydrogens (primary N) is 1. The minimum Gasteiger partial charge on any atom is -0.368 e. The van der Waals surface area contributed by atoms with Crippen LogP contribution in [0.1, 0.15) is 0 Å². The summed E-state index contributed by atoms with van der Waals surface area (Å²) in [4.78, 5) is 6.80. The fourth-order valence-electron chi connectivity index (χ4n) is 2.98. The number of hydrogen-bond donors (Lipinski definition) is 2. The third kappa shape index (κ3) is 3.87. The molecule has 0 fully saturated rings. The molecule has 0 radical (unpaired) electrons. The molecule has 6 nitrogen and oxygen atoms in total. The van der Waals surface area contributed by atoms with Crippen LogP contribution in [0.2, 0.25) is 0 Å². The second-order valence-corrected chi connectivity index (χ2v) is 8.12. The van der Waals surface area contributed by atoms with Gasteiger partial charge in [-0.1, -0.05) is 6.07 Å². The van der Waals surface area contributed by atoms with Crippen molar-refractivity contribution >= 4 is 32.6 Å². The van der Waals surface area contributed by atoms with Gasteiger partial charge < -0.3 is 5.73 Å². The maximum Gasteiger partial charge on any atom is 0.265 e. The van der Waals surface area contributed by atoms with Crippen molar-refractivity contribution in [3.8, 4) is 11.1 Å². The average Bonchev–Trinajstić information content (AvgIpc) is 2.72. The van der Waals surface area contributed by atoms with E-state index >= 15 is 4.39 Å². The number of fused-ring (bicyclic) bond motifs is 1. The number of halogens is 4. The molecular weight excluding hydrogens is 436 g/mol. The molecular formula is C20H12F4N4O2S. The Bertz CT molecular complexity index is 1450. The highest BCUT2D eigenvalue weighted by molar-refractivity contribution is 7.92. The van der Waals surface area contributed by atoms with Gasteiger partial charge in [-0.25, -0.2) is 35.9 Å². The van der Waals surface area contributed by atoms with E-state index in [4.69, 9.17) is 5.73 Å². The van der Waals surface area contributed by atoms with Crippen LogP contribution in [0.3, 0.4) is 0 Å². The molecule has 0 bridgehead atoms. The molecule has 0 saturated heterocycles. The highest BCUT2D eigenvalue weighted by Gasteiger charge is 2.24. The lowest BCUT2D eigenvalue weighted by Crippen LogP contribution is -2.16. The molecule has 0 atom stereocenters. The van der Waals surface area contributed by atoms with Crippen molar-refractivity contribution in [2.45, 2.75) is 4.90 Å². The highest BCUT2D eigenvalue weighted by atomic mass is 32.2. The SMILES string of the molecule is Nc1ncc2cc(-c3c(F)ccc(NS(=O)(=O)c4cc(F)ccc4F)c3F)ccc2n1. The average molecular weight is 448 g/mol. The van der Waals surface area contributed by atoms with Crippen LogP contribution in [-0.4, -0.2) is 18.4 Å². The molecule has 4 aromatic rings. The van der Waals surface area contributed by atoms with Gasteiger partial charge in [-0.05, 0) is 48.0 Å². The van der Waals surface area contributed by atoms with Gasteiger partial charge in [0.25, 0.3) is 10.0 Å². The third-order valence-electron chi connectivity index (χ3n) is 4.41. The molecule has 3 N–H and O–H groups in total. The summed E-state index contributed by atoms with van der Waals surface area (Å²) in [6.07, 6.45) is 1.37. The maximum absolute atomic E-state index is 15.1. The van der Waals surface area contributed by atoms with Crippen molar-refractivity contribution in [1.29, 1.82) is 0 Å². The molecule has 0 amide bonds. The number of nitrogens with zero attached hydrogens (tertiary/aromatic N) is 2. The van der Waals surface area contributed by atoms with Gasteiger partial charge in [0, 0.05) is 11.6 Å². The second kappa shape index (κ2) is 7.51. The molecule has 0 aliphatic heterocycles. The zero-order chi connectivity index (χ0) is 22.3. The van der Waals surface area contributed by atoms with Gasteiger partial charge >= 0.3 is 0 Å². The predicted octanol–water partition coefficient (Wildman–Crippen LogP) is 4.24. The number of sulfonamides is 1. The molecule has 0 spiro atoms. The van der Waals surface area contributed by atoms with Gasteiger partial charge in [0.2, 0.25) is 5.95 Å². The Morgan fingerprint density at radius 2 is 1.65 bits per heavy atom. The van der Waals surface area contributed by atoms with Crippen LogP contribution in [0.25, 0.3) is 22.0 Å². The summed E-state index contributed by atoms with van der Waals surface area (Å²) in [6.45, 7) is 0. The summed E-state index contributed by atoms with van der Waals surface area (Å²) in [5.41, 5.74) is 4.85. The Labute approximate surface area is 173 Å². The van der Waals surface area contributed by atoms with Crippen molar-refractivity contribution in [3.05, 3.63) is 78.0 Å². The van der Waals surface area contributed by atoms with Crippen molar-refractivity contribution in [3.63, 3.8) is 0 Å². The number of aromatic nitrogens is 2. The number of nitrogen functional groups attached to an aromatic ring is 1. The van der Waals surface area contributed by atoms with Crippen LogP contribution in [0.4, 0.5) is 29.2 Å². The van der Waals surface area contributed by atoms with Crippen molar-refractivity contribution < 1.29 is 26.0 Å². The molecule has 0 aliphatic carbocycles.